The van der Waals surface area contributed by atoms with Crippen molar-refractivity contribution in [2.75, 3.05) is 0 Å². The van der Waals surface area contributed by atoms with E-state index in [2.05, 4.69) is 24.1 Å². The van der Waals surface area contributed by atoms with Gasteiger partial charge in [-0.2, -0.15) is 10.2 Å². The van der Waals surface area contributed by atoms with Crippen molar-refractivity contribution in [3.05, 3.63) is 0 Å². The van der Waals surface area contributed by atoms with E-state index in [4.69, 9.17) is 0 Å². The van der Waals surface area contributed by atoms with Gasteiger partial charge in [-0.15, -0.1) is 0 Å². The zero-order valence-electron chi connectivity index (χ0n) is 8.34. The number of rotatable bonds is 7. The van der Waals surface area contributed by atoms with Gasteiger partial charge in [0.15, 0.2) is 5.66 Å². The van der Waals surface area contributed by atoms with Crippen LogP contribution in [0.5, 0.6) is 0 Å². The molecule has 1 aliphatic rings. The molecule has 0 N–H and O–H groups in total. The first kappa shape index (κ1) is 9.69. The van der Waals surface area contributed by atoms with Crippen LogP contribution in [0.25, 0.3) is 0 Å². The Hall–Kier alpha value is -0.400. The van der Waals surface area contributed by atoms with Gasteiger partial charge < -0.3 is 0 Å². The van der Waals surface area contributed by atoms with Gasteiger partial charge in [0.2, 0.25) is 0 Å². The molecule has 0 fully saturated rings. The first-order valence-electron chi connectivity index (χ1n) is 5.21. The fraction of sp³-hybridized carbons (Fsp3) is 1.00. The van der Waals surface area contributed by atoms with Crippen LogP contribution in [0.15, 0.2) is 10.2 Å². The Labute approximate surface area is 75.5 Å². The average Bonchev–Trinajstić information content (AvgIpc) is 2.77. The van der Waals surface area contributed by atoms with Gasteiger partial charge in [0, 0.05) is 0 Å². The summed E-state index contributed by atoms with van der Waals surface area (Å²) >= 11 is 0. The second kappa shape index (κ2) is 4.58. The standard InChI is InChI=1S/C10H20N2/c1-3-4-5-6-7-8-9-10(2)11-12-10/h3-9H2,1-2H3. The predicted molar refractivity (Wildman–Crippen MR) is 51.3 cm³/mol. The van der Waals surface area contributed by atoms with Crippen molar-refractivity contribution < 1.29 is 0 Å². The molecule has 0 radical (unpaired) electrons. The molecule has 0 aromatic carbocycles. The van der Waals surface area contributed by atoms with Crippen LogP contribution in [0.4, 0.5) is 0 Å². The molecule has 2 nitrogen and oxygen atoms in total. The zero-order valence-corrected chi connectivity index (χ0v) is 8.34. The highest BCUT2D eigenvalue weighted by molar-refractivity contribution is 4.87. The molecule has 70 valence electrons. The molecular weight excluding hydrogens is 148 g/mol. The van der Waals surface area contributed by atoms with Crippen molar-refractivity contribution >= 4 is 0 Å². The SMILES string of the molecule is CCCCCCCCC1(C)N=N1. The van der Waals surface area contributed by atoms with Gasteiger partial charge >= 0.3 is 0 Å². The van der Waals surface area contributed by atoms with Gasteiger partial charge in [0.1, 0.15) is 0 Å². The molecule has 0 bridgehead atoms. The minimum atomic E-state index is 0.0464. The molecule has 0 saturated heterocycles. The van der Waals surface area contributed by atoms with Crippen LogP contribution in [0, 0.1) is 0 Å². The van der Waals surface area contributed by atoms with Gasteiger partial charge in [0.05, 0.1) is 0 Å². The summed E-state index contributed by atoms with van der Waals surface area (Å²) in [6, 6.07) is 0. The van der Waals surface area contributed by atoms with Crippen molar-refractivity contribution in [3.63, 3.8) is 0 Å². The molecule has 1 aliphatic heterocycles. The Balaban J connectivity index is 1.77. The summed E-state index contributed by atoms with van der Waals surface area (Å²) in [6.07, 6.45) is 9.35. The molecule has 0 unspecified atom stereocenters. The molecule has 0 aromatic heterocycles. The highest BCUT2D eigenvalue weighted by atomic mass is 15.4. The van der Waals surface area contributed by atoms with E-state index < -0.39 is 0 Å². The molecule has 1 rings (SSSR count). The van der Waals surface area contributed by atoms with Crippen LogP contribution in [-0.2, 0) is 0 Å². The maximum atomic E-state index is 3.99. The van der Waals surface area contributed by atoms with E-state index >= 15 is 0 Å². The Kier molecular flexibility index (Phi) is 3.70. The molecule has 1 heterocycles. The molecule has 0 atom stereocenters. The first-order valence-corrected chi connectivity index (χ1v) is 5.21. The Morgan fingerprint density at radius 2 is 1.50 bits per heavy atom. The van der Waals surface area contributed by atoms with Crippen molar-refractivity contribution in [2.24, 2.45) is 10.2 Å². The fourth-order valence-electron chi connectivity index (χ4n) is 1.43. The van der Waals surface area contributed by atoms with Gasteiger partial charge in [-0.1, -0.05) is 39.0 Å². The Bertz CT molecular complexity index is 146. The third kappa shape index (κ3) is 3.84. The number of hydrogen-bond donors (Lipinski definition) is 0. The van der Waals surface area contributed by atoms with Crippen molar-refractivity contribution in [3.8, 4) is 0 Å². The van der Waals surface area contributed by atoms with Crippen LogP contribution in [-0.4, -0.2) is 5.66 Å². The quantitative estimate of drug-likeness (QED) is 0.515. The number of nitrogens with zero attached hydrogens (tertiary/aromatic N) is 2. The third-order valence-corrected chi connectivity index (χ3v) is 2.45. The van der Waals surface area contributed by atoms with E-state index in [1.165, 1.54) is 44.9 Å². The Morgan fingerprint density at radius 1 is 0.917 bits per heavy atom. The van der Waals surface area contributed by atoms with E-state index in [9.17, 15) is 0 Å². The second-order valence-corrected chi connectivity index (χ2v) is 3.93. The summed E-state index contributed by atoms with van der Waals surface area (Å²) in [6.45, 7) is 4.36. The molecule has 0 amide bonds. The summed E-state index contributed by atoms with van der Waals surface area (Å²) in [5, 5.41) is 7.99. The minimum Gasteiger partial charge on any atom is -0.159 e. The summed E-state index contributed by atoms with van der Waals surface area (Å²) in [5.41, 5.74) is 0.0464. The maximum absolute atomic E-state index is 3.99. The molecule has 12 heavy (non-hydrogen) atoms. The van der Waals surface area contributed by atoms with E-state index in [1.807, 2.05) is 0 Å². The lowest BCUT2D eigenvalue weighted by Gasteiger charge is -2.02. The molecule has 2 heteroatoms. The predicted octanol–water partition coefficient (Wildman–Crippen LogP) is 3.92. The monoisotopic (exact) mass is 168 g/mol. The third-order valence-electron chi connectivity index (χ3n) is 2.45. The normalized spacial score (nSPS) is 18.2. The smallest absolute Gasteiger partial charge is 0.159 e. The summed E-state index contributed by atoms with van der Waals surface area (Å²) in [4.78, 5) is 0. The molecule has 0 saturated carbocycles. The molecule has 0 spiro atoms. The topological polar surface area (TPSA) is 24.7 Å². The Morgan fingerprint density at radius 3 is 2.08 bits per heavy atom. The second-order valence-electron chi connectivity index (χ2n) is 3.93. The molecule has 0 aromatic rings. The summed E-state index contributed by atoms with van der Waals surface area (Å²) < 4.78 is 0. The van der Waals surface area contributed by atoms with Crippen LogP contribution < -0.4 is 0 Å². The highest BCUT2D eigenvalue weighted by Gasteiger charge is 2.32. The maximum Gasteiger partial charge on any atom is 0.188 e. The van der Waals surface area contributed by atoms with Crippen LogP contribution in [0.3, 0.4) is 0 Å². The average molecular weight is 168 g/mol. The van der Waals surface area contributed by atoms with Crippen LogP contribution in [0.1, 0.15) is 58.8 Å². The highest BCUT2D eigenvalue weighted by Crippen LogP contribution is 2.32. The van der Waals surface area contributed by atoms with E-state index in [1.54, 1.807) is 0 Å². The van der Waals surface area contributed by atoms with E-state index in [0.717, 1.165) is 0 Å². The van der Waals surface area contributed by atoms with Crippen molar-refractivity contribution in [1.82, 2.24) is 0 Å². The van der Waals surface area contributed by atoms with Gasteiger partial charge in [0.25, 0.3) is 0 Å². The van der Waals surface area contributed by atoms with Crippen molar-refractivity contribution in [2.45, 2.75) is 64.5 Å². The molecular formula is C10H20N2. The fourth-order valence-corrected chi connectivity index (χ4v) is 1.43. The molecule has 0 aliphatic carbocycles. The number of unbranched alkanes of at least 4 members (excludes halogenated alkanes) is 5. The van der Waals surface area contributed by atoms with Gasteiger partial charge in [-0.25, -0.2) is 0 Å². The largest absolute Gasteiger partial charge is 0.188 e. The van der Waals surface area contributed by atoms with Gasteiger partial charge in [-0.3, -0.25) is 0 Å². The van der Waals surface area contributed by atoms with Crippen LogP contribution in [0.2, 0.25) is 0 Å². The number of hydrogen-bond acceptors (Lipinski definition) is 2. The van der Waals surface area contributed by atoms with E-state index in [-0.39, 0.29) is 5.66 Å². The lowest BCUT2D eigenvalue weighted by Crippen LogP contribution is -2.02. The summed E-state index contributed by atoms with van der Waals surface area (Å²) in [7, 11) is 0. The first-order chi connectivity index (χ1) is 5.77. The lowest BCUT2D eigenvalue weighted by molar-refractivity contribution is 0.522. The minimum absolute atomic E-state index is 0.0464. The van der Waals surface area contributed by atoms with Crippen LogP contribution >= 0.6 is 0 Å². The zero-order chi connectivity index (χ0) is 8.86. The van der Waals surface area contributed by atoms with Gasteiger partial charge in [-0.05, 0) is 19.8 Å². The lowest BCUT2D eigenvalue weighted by atomic mass is 10.1. The summed E-state index contributed by atoms with van der Waals surface area (Å²) in [5.74, 6) is 0. The van der Waals surface area contributed by atoms with E-state index in [0.29, 0.717) is 0 Å². The van der Waals surface area contributed by atoms with Crippen molar-refractivity contribution in [1.29, 1.82) is 0 Å².